The molecule has 98 valence electrons. The van der Waals surface area contributed by atoms with E-state index in [1.54, 1.807) is 30.3 Å². The van der Waals surface area contributed by atoms with Crippen molar-refractivity contribution in [2.24, 2.45) is 5.73 Å². The van der Waals surface area contributed by atoms with Gasteiger partial charge in [-0.15, -0.1) is 0 Å². The van der Waals surface area contributed by atoms with Crippen LogP contribution in [0.2, 0.25) is 10.0 Å². The third-order valence-corrected chi connectivity index (χ3v) is 3.56. The monoisotopic (exact) mass is 375 g/mol. The van der Waals surface area contributed by atoms with Gasteiger partial charge in [0.1, 0.15) is 16.5 Å². The predicted molar refractivity (Wildman–Crippen MR) is 86.6 cm³/mol. The lowest BCUT2D eigenvalue weighted by atomic mass is 10.2. The summed E-state index contributed by atoms with van der Waals surface area (Å²) in [4.78, 5) is 0.251. The fourth-order valence-electron chi connectivity index (χ4n) is 1.46. The summed E-state index contributed by atoms with van der Waals surface area (Å²) in [6, 6.07) is 10.4. The van der Waals surface area contributed by atoms with E-state index in [0.29, 0.717) is 27.1 Å². The Morgan fingerprint density at radius 1 is 1.11 bits per heavy atom. The molecule has 0 aliphatic rings. The molecule has 2 N–H and O–H groups in total. The van der Waals surface area contributed by atoms with Crippen LogP contribution in [0.15, 0.2) is 40.9 Å². The van der Waals surface area contributed by atoms with Crippen molar-refractivity contribution in [2.45, 2.75) is 0 Å². The first-order valence-electron chi connectivity index (χ1n) is 5.19. The molecule has 19 heavy (non-hydrogen) atoms. The number of hydrogen-bond acceptors (Lipinski definition) is 2. The number of benzene rings is 2. The maximum absolute atomic E-state index is 6.06. The number of nitrogens with two attached hydrogens (primary N) is 1. The SMILES string of the molecule is NC(=S)c1cc(Br)ccc1Oc1ccc(Cl)cc1Cl. The molecule has 0 spiro atoms. The molecule has 0 unspecified atom stereocenters. The topological polar surface area (TPSA) is 35.2 Å². The molecule has 0 saturated heterocycles. The third kappa shape index (κ3) is 3.60. The van der Waals surface area contributed by atoms with Crippen molar-refractivity contribution in [3.63, 3.8) is 0 Å². The van der Waals surface area contributed by atoms with Crippen LogP contribution in [-0.4, -0.2) is 4.99 Å². The Kier molecular flexibility index (Phi) is 4.68. The molecule has 6 heteroatoms. The summed E-state index contributed by atoms with van der Waals surface area (Å²) < 4.78 is 6.60. The second kappa shape index (κ2) is 6.09. The Morgan fingerprint density at radius 2 is 1.79 bits per heavy atom. The molecule has 2 aromatic rings. The molecule has 0 amide bonds. The highest BCUT2D eigenvalue weighted by molar-refractivity contribution is 9.10. The van der Waals surface area contributed by atoms with Gasteiger partial charge >= 0.3 is 0 Å². The second-order valence-corrected chi connectivity index (χ2v) is 5.88. The summed E-state index contributed by atoms with van der Waals surface area (Å²) in [5.74, 6) is 1.03. The normalized spacial score (nSPS) is 10.3. The molecule has 0 heterocycles. The second-order valence-electron chi connectivity index (χ2n) is 3.68. The van der Waals surface area contributed by atoms with E-state index in [4.69, 9.17) is 45.9 Å². The van der Waals surface area contributed by atoms with Crippen LogP contribution in [0.5, 0.6) is 11.5 Å². The van der Waals surface area contributed by atoms with Crippen molar-refractivity contribution in [1.29, 1.82) is 0 Å². The van der Waals surface area contributed by atoms with Gasteiger partial charge in [-0.05, 0) is 36.4 Å². The molecule has 0 atom stereocenters. The van der Waals surface area contributed by atoms with E-state index in [2.05, 4.69) is 15.9 Å². The van der Waals surface area contributed by atoms with Gasteiger partial charge in [0.15, 0.2) is 0 Å². The van der Waals surface area contributed by atoms with Gasteiger partial charge in [0, 0.05) is 9.50 Å². The Bertz CT molecular complexity index is 649. The molecule has 0 bridgehead atoms. The first-order chi connectivity index (χ1) is 8.97. The number of ether oxygens (including phenoxy) is 1. The fourth-order valence-corrected chi connectivity index (χ4v) is 2.43. The van der Waals surface area contributed by atoms with E-state index >= 15 is 0 Å². The van der Waals surface area contributed by atoms with Crippen LogP contribution < -0.4 is 10.5 Å². The third-order valence-electron chi connectivity index (χ3n) is 2.32. The quantitative estimate of drug-likeness (QED) is 0.749. The zero-order chi connectivity index (χ0) is 14.0. The highest BCUT2D eigenvalue weighted by atomic mass is 79.9. The van der Waals surface area contributed by atoms with Gasteiger partial charge < -0.3 is 10.5 Å². The Morgan fingerprint density at radius 3 is 2.42 bits per heavy atom. The summed E-state index contributed by atoms with van der Waals surface area (Å²) in [5.41, 5.74) is 6.31. The van der Waals surface area contributed by atoms with Crippen molar-refractivity contribution in [3.8, 4) is 11.5 Å². The minimum atomic E-state index is 0.251. The summed E-state index contributed by atoms with van der Waals surface area (Å²) in [7, 11) is 0. The minimum absolute atomic E-state index is 0.251. The Labute approximate surface area is 134 Å². The Hall–Kier alpha value is -0.810. The standard InChI is InChI=1S/C13H8BrCl2NOS/c14-7-1-3-11(9(5-7)13(17)19)18-12-4-2-8(15)6-10(12)16/h1-6H,(H2,17,19). The van der Waals surface area contributed by atoms with E-state index in [0.717, 1.165) is 4.47 Å². The fraction of sp³-hybridized carbons (Fsp3) is 0. The van der Waals surface area contributed by atoms with Gasteiger partial charge in [0.05, 0.1) is 10.6 Å². The zero-order valence-electron chi connectivity index (χ0n) is 9.49. The smallest absolute Gasteiger partial charge is 0.146 e. The molecule has 0 aliphatic heterocycles. The van der Waals surface area contributed by atoms with Gasteiger partial charge in [-0.1, -0.05) is 51.3 Å². The molecule has 2 rings (SSSR count). The van der Waals surface area contributed by atoms with Gasteiger partial charge in [-0.2, -0.15) is 0 Å². The van der Waals surface area contributed by atoms with Crippen molar-refractivity contribution >= 4 is 56.3 Å². The lowest BCUT2D eigenvalue weighted by Crippen LogP contribution is -2.10. The summed E-state index contributed by atoms with van der Waals surface area (Å²) >= 11 is 20.3. The summed E-state index contributed by atoms with van der Waals surface area (Å²) in [5, 5.41) is 0.965. The maximum atomic E-state index is 6.06. The van der Waals surface area contributed by atoms with Gasteiger partial charge in [0.2, 0.25) is 0 Å². The van der Waals surface area contributed by atoms with Crippen LogP contribution in [0.4, 0.5) is 0 Å². The van der Waals surface area contributed by atoms with E-state index in [1.807, 2.05) is 6.07 Å². The Balaban J connectivity index is 2.40. The minimum Gasteiger partial charge on any atom is -0.455 e. The lowest BCUT2D eigenvalue weighted by Gasteiger charge is -2.12. The number of rotatable bonds is 3. The zero-order valence-corrected chi connectivity index (χ0v) is 13.4. The maximum Gasteiger partial charge on any atom is 0.146 e. The van der Waals surface area contributed by atoms with E-state index in [-0.39, 0.29) is 4.99 Å². The van der Waals surface area contributed by atoms with Gasteiger partial charge in [-0.25, -0.2) is 0 Å². The van der Waals surface area contributed by atoms with Crippen molar-refractivity contribution in [2.75, 3.05) is 0 Å². The number of thiocarbonyl (C=S) groups is 1. The highest BCUT2D eigenvalue weighted by Crippen LogP contribution is 2.34. The number of hydrogen-bond donors (Lipinski definition) is 1. The average Bonchev–Trinajstić information content (AvgIpc) is 2.34. The molecule has 2 nitrogen and oxygen atoms in total. The summed E-state index contributed by atoms with van der Waals surface area (Å²) in [6.07, 6.45) is 0. The van der Waals surface area contributed by atoms with Crippen LogP contribution >= 0.6 is 51.3 Å². The predicted octanol–water partition coefficient (Wildman–Crippen LogP) is 5.18. The molecular formula is C13H8BrCl2NOS. The van der Waals surface area contributed by atoms with Crippen LogP contribution in [0.3, 0.4) is 0 Å². The molecule has 0 saturated carbocycles. The lowest BCUT2D eigenvalue weighted by molar-refractivity contribution is 0.482. The van der Waals surface area contributed by atoms with E-state index < -0.39 is 0 Å². The number of halogens is 3. The molecule has 0 radical (unpaired) electrons. The molecular weight excluding hydrogens is 369 g/mol. The van der Waals surface area contributed by atoms with Crippen LogP contribution in [-0.2, 0) is 0 Å². The van der Waals surface area contributed by atoms with Crippen molar-refractivity contribution < 1.29 is 4.74 Å². The molecule has 0 aromatic heterocycles. The van der Waals surface area contributed by atoms with Crippen LogP contribution in [0, 0.1) is 0 Å². The first kappa shape index (κ1) is 14.6. The van der Waals surface area contributed by atoms with Gasteiger partial charge in [-0.3, -0.25) is 0 Å². The molecule has 2 aromatic carbocycles. The van der Waals surface area contributed by atoms with E-state index in [9.17, 15) is 0 Å². The highest BCUT2D eigenvalue weighted by Gasteiger charge is 2.10. The van der Waals surface area contributed by atoms with E-state index in [1.165, 1.54) is 0 Å². The average molecular weight is 377 g/mol. The molecule has 0 aliphatic carbocycles. The van der Waals surface area contributed by atoms with Crippen LogP contribution in [0.25, 0.3) is 0 Å². The summed E-state index contributed by atoms with van der Waals surface area (Å²) in [6.45, 7) is 0. The first-order valence-corrected chi connectivity index (χ1v) is 7.15. The molecule has 0 fully saturated rings. The van der Waals surface area contributed by atoms with Crippen LogP contribution in [0.1, 0.15) is 5.56 Å². The van der Waals surface area contributed by atoms with Crippen molar-refractivity contribution in [1.82, 2.24) is 0 Å². The van der Waals surface area contributed by atoms with Gasteiger partial charge in [0.25, 0.3) is 0 Å². The largest absolute Gasteiger partial charge is 0.455 e. The van der Waals surface area contributed by atoms with Crippen molar-refractivity contribution in [3.05, 3.63) is 56.5 Å².